The fraction of sp³-hybridized carbons (Fsp3) is 0.385. The number of benzene rings is 2. The first kappa shape index (κ1) is 24.1. The third kappa shape index (κ3) is 5.08. The average molecular weight is 453 g/mol. The third-order valence-corrected chi connectivity index (χ3v) is 6.65. The van der Waals surface area contributed by atoms with Gasteiger partial charge in [0.2, 0.25) is 0 Å². The van der Waals surface area contributed by atoms with E-state index in [9.17, 15) is 13.6 Å². The van der Waals surface area contributed by atoms with E-state index < -0.39 is 11.1 Å². The Labute approximate surface area is 193 Å². The summed E-state index contributed by atoms with van der Waals surface area (Å²) in [4.78, 5) is 12.0. The highest BCUT2D eigenvalue weighted by molar-refractivity contribution is 7.79. The van der Waals surface area contributed by atoms with Crippen LogP contribution in [0.5, 0.6) is 0 Å². The van der Waals surface area contributed by atoms with Crippen molar-refractivity contribution in [2.24, 2.45) is 0 Å². The van der Waals surface area contributed by atoms with Crippen LogP contribution in [0.2, 0.25) is 0 Å². The zero-order valence-electron chi connectivity index (χ0n) is 19.7. The molecule has 2 unspecified atom stereocenters. The van der Waals surface area contributed by atoms with Crippen LogP contribution in [0, 0.1) is 20.8 Å². The van der Waals surface area contributed by atoms with Crippen LogP contribution in [0.1, 0.15) is 72.3 Å². The predicted molar refractivity (Wildman–Crippen MR) is 129 cm³/mol. The van der Waals surface area contributed by atoms with Crippen molar-refractivity contribution in [3.05, 3.63) is 81.7 Å². The fourth-order valence-corrected chi connectivity index (χ4v) is 4.85. The number of carbonyl (C=O) groups is 1. The summed E-state index contributed by atoms with van der Waals surface area (Å²) in [5, 5.41) is 4.95. The highest BCUT2D eigenvalue weighted by Crippen LogP contribution is 2.34. The molecule has 6 heteroatoms. The number of rotatable bonds is 7. The van der Waals surface area contributed by atoms with Gasteiger partial charge in [0.25, 0.3) is 0 Å². The second-order valence-electron chi connectivity index (χ2n) is 9.48. The van der Waals surface area contributed by atoms with E-state index in [-0.39, 0.29) is 17.8 Å². The Morgan fingerprint density at radius 3 is 2.28 bits per heavy atom. The summed E-state index contributed by atoms with van der Waals surface area (Å²) < 4.78 is 23.9. The van der Waals surface area contributed by atoms with Gasteiger partial charge in [-0.25, -0.2) is 4.21 Å². The van der Waals surface area contributed by atoms with E-state index in [0.29, 0.717) is 17.0 Å². The number of hydrogen-bond acceptors (Lipinski definition) is 3. The lowest BCUT2D eigenvalue weighted by Crippen LogP contribution is -2.16. The molecule has 170 valence electrons. The normalized spacial score (nSPS) is 13.7. The first-order chi connectivity index (χ1) is 15.0. The molecule has 0 aliphatic carbocycles. The van der Waals surface area contributed by atoms with Gasteiger partial charge in [-0.15, -0.1) is 0 Å². The molecule has 0 amide bonds. The van der Waals surface area contributed by atoms with Gasteiger partial charge in [0.1, 0.15) is 6.29 Å². The molecular formula is C26H32N2O3S. The second kappa shape index (κ2) is 9.51. The van der Waals surface area contributed by atoms with Crippen LogP contribution in [-0.4, -0.2) is 24.8 Å². The Morgan fingerprint density at radius 1 is 1.09 bits per heavy atom. The zero-order chi connectivity index (χ0) is 23.6. The molecule has 1 aromatic heterocycles. The molecule has 0 saturated heterocycles. The maximum atomic E-state index is 12.0. The number of aryl methyl sites for hydroxylation is 3. The van der Waals surface area contributed by atoms with Crippen molar-refractivity contribution in [1.82, 2.24) is 9.78 Å². The van der Waals surface area contributed by atoms with Crippen molar-refractivity contribution >= 4 is 17.4 Å². The van der Waals surface area contributed by atoms with Gasteiger partial charge in [-0.05, 0) is 55.2 Å². The topological polar surface area (TPSA) is 72.2 Å². The largest absolute Gasteiger partial charge is 0.303 e. The Bertz CT molecular complexity index is 1140. The Hall–Kier alpha value is -2.57. The van der Waals surface area contributed by atoms with Gasteiger partial charge in [-0.3, -0.25) is 4.68 Å². The summed E-state index contributed by atoms with van der Waals surface area (Å²) in [5.41, 5.74) is 7.12. The third-order valence-electron chi connectivity index (χ3n) is 5.90. The van der Waals surface area contributed by atoms with Crippen molar-refractivity contribution in [2.45, 2.75) is 70.7 Å². The average Bonchev–Trinajstić information content (AvgIpc) is 3.13. The zero-order valence-corrected chi connectivity index (χ0v) is 20.5. The summed E-state index contributed by atoms with van der Waals surface area (Å²) in [6, 6.07) is 13.4. The monoisotopic (exact) mass is 452 g/mol. The van der Waals surface area contributed by atoms with Crippen LogP contribution in [0.3, 0.4) is 0 Å². The van der Waals surface area contributed by atoms with Crippen LogP contribution in [0.15, 0.2) is 47.4 Å². The molecule has 3 rings (SSSR count). The summed E-state index contributed by atoms with van der Waals surface area (Å²) in [7, 11) is 0. The van der Waals surface area contributed by atoms with Gasteiger partial charge in [0, 0.05) is 23.4 Å². The lowest BCUT2D eigenvalue weighted by molar-refractivity contribution is -0.108. The van der Waals surface area contributed by atoms with Crippen LogP contribution in [0.4, 0.5) is 0 Å². The highest BCUT2D eigenvalue weighted by atomic mass is 32.2. The van der Waals surface area contributed by atoms with Gasteiger partial charge in [0.05, 0.1) is 17.1 Å². The SMILES string of the molecule is Cc1cc(C)c(Cn2nc(C(C)(C)C)cc2C(CC=O)c2ccccc2S(=O)O)c(C)c1. The molecule has 0 fully saturated rings. The van der Waals surface area contributed by atoms with E-state index in [1.54, 1.807) is 12.1 Å². The Kier molecular flexibility index (Phi) is 7.16. The molecular weight excluding hydrogens is 420 g/mol. The predicted octanol–water partition coefficient (Wildman–Crippen LogP) is 5.46. The van der Waals surface area contributed by atoms with Crippen LogP contribution in [-0.2, 0) is 27.8 Å². The molecule has 32 heavy (non-hydrogen) atoms. The first-order valence-corrected chi connectivity index (χ1v) is 11.9. The van der Waals surface area contributed by atoms with Gasteiger partial charge >= 0.3 is 0 Å². The molecule has 1 heterocycles. The molecule has 0 aliphatic rings. The molecule has 0 aliphatic heterocycles. The van der Waals surface area contributed by atoms with Gasteiger partial charge in [0.15, 0.2) is 11.1 Å². The van der Waals surface area contributed by atoms with Crippen molar-refractivity contribution in [1.29, 1.82) is 0 Å². The van der Waals surface area contributed by atoms with Crippen molar-refractivity contribution in [2.75, 3.05) is 0 Å². The maximum Gasteiger partial charge on any atom is 0.186 e. The molecule has 5 nitrogen and oxygen atoms in total. The number of nitrogens with zero attached hydrogens (tertiary/aromatic N) is 2. The minimum Gasteiger partial charge on any atom is -0.303 e. The summed E-state index contributed by atoms with van der Waals surface area (Å²) in [6.45, 7) is 13.2. The Morgan fingerprint density at radius 2 is 1.72 bits per heavy atom. The van der Waals surface area contributed by atoms with E-state index in [1.165, 1.54) is 22.3 Å². The smallest absolute Gasteiger partial charge is 0.186 e. The quantitative estimate of drug-likeness (QED) is 0.382. The van der Waals surface area contributed by atoms with Crippen molar-refractivity contribution in [3.8, 4) is 0 Å². The molecule has 1 N–H and O–H groups in total. The Balaban J connectivity index is 2.21. The van der Waals surface area contributed by atoms with E-state index in [0.717, 1.165) is 17.7 Å². The molecule has 0 bridgehead atoms. The molecule has 2 aromatic carbocycles. The maximum absolute atomic E-state index is 12.0. The molecule has 0 saturated carbocycles. The minimum absolute atomic E-state index is 0.178. The van der Waals surface area contributed by atoms with Crippen LogP contribution in [0.25, 0.3) is 0 Å². The summed E-state index contributed by atoms with van der Waals surface area (Å²) in [5.74, 6) is -0.366. The van der Waals surface area contributed by atoms with Crippen LogP contribution >= 0.6 is 0 Å². The van der Waals surface area contributed by atoms with Crippen LogP contribution < -0.4 is 0 Å². The van der Waals surface area contributed by atoms with Crippen molar-refractivity contribution in [3.63, 3.8) is 0 Å². The molecule has 2 atom stereocenters. The summed E-state index contributed by atoms with van der Waals surface area (Å²) in [6.07, 6.45) is 1.08. The number of aromatic nitrogens is 2. The number of aldehydes is 1. The lowest BCUT2D eigenvalue weighted by Gasteiger charge is -2.20. The summed E-state index contributed by atoms with van der Waals surface area (Å²) >= 11 is -2.15. The highest BCUT2D eigenvalue weighted by Gasteiger charge is 2.27. The van der Waals surface area contributed by atoms with E-state index in [4.69, 9.17) is 5.10 Å². The number of hydrogen-bond donors (Lipinski definition) is 1. The van der Waals surface area contributed by atoms with E-state index in [2.05, 4.69) is 53.7 Å². The van der Waals surface area contributed by atoms with Gasteiger partial charge in [-0.1, -0.05) is 56.7 Å². The van der Waals surface area contributed by atoms with Gasteiger partial charge < -0.3 is 9.35 Å². The first-order valence-electron chi connectivity index (χ1n) is 10.8. The van der Waals surface area contributed by atoms with Gasteiger partial charge in [-0.2, -0.15) is 5.10 Å². The van der Waals surface area contributed by atoms with E-state index in [1.807, 2.05) is 22.9 Å². The number of carbonyl (C=O) groups excluding carboxylic acids is 1. The standard InChI is InChI=1S/C26H32N2O3S/c1-17-13-18(2)22(19(3)14-17)16-28-23(15-25(27-28)26(4,5)6)20(11-12-29)21-9-7-8-10-24(21)32(30)31/h7-10,12-15,20H,11,16H2,1-6H3,(H,30,31). The minimum atomic E-state index is -2.15. The fourth-order valence-electron chi connectivity index (χ4n) is 4.24. The second-order valence-corrected chi connectivity index (χ2v) is 10.4. The molecule has 0 spiro atoms. The lowest BCUT2D eigenvalue weighted by atomic mass is 9.88. The molecule has 0 radical (unpaired) electrons. The van der Waals surface area contributed by atoms with E-state index >= 15 is 0 Å². The molecule has 3 aromatic rings. The van der Waals surface area contributed by atoms with Crippen molar-refractivity contribution < 1.29 is 13.6 Å².